The number of nitrogens with two attached hydrogens (primary N) is 1. The minimum Gasteiger partial charge on any atom is -0.481 e. The molecule has 4 N–H and O–H groups in total. The summed E-state index contributed by atoms with van der Waals surface area (Å²) in [5.41, 5.74) is 5.99. The summed E-state index contributed by atoms with van der Waals surface area (Å²) in [5, 5.41) is 11.7. The first-order valence-corrected chi connectivity index (χ1v) is 6.56. The van der Waals surface area contributed by atoms with E-state index in [1.807, 2.05) is 0 Å². The molecule has 6 heteroatoms. The summed E-state index contributed by atoms with van der Waals surface area (Å²) in [7, 11) is 0. The fraction of sp³-hybridized carbons (Fsp3) is 0.429. The minimum atomic E-state index is -0.788. The van der Waals surface area contributed by atoms with Gasteiger partial charge in [0, 0.05) is 11.7 Å². The van der Waals surface area contributed by atoms with Crippen molar-refractivity contribution in [3.8, 4) is 0 Å². The summed E-state index contributed by atoms with van der Waals surface area (Å²) in [5.74, 6) is -2.05. The lowest BCUT2D eigenvalue weighted by Gasteiger charge is -2.27. The van der Waals surface area contributed by atoms with Crippen molar-refractivity contribution in [2.45, 2.75) is 31.7 Å². The Morgan fingerprint density at radius 2 is 1.90 bits per heavy atom. The Bertz CT molecular complexity index is 525. The molecule has 20 heavy (non-hydrogen) atoms. The zero-order chi connectivity index (χ0) is 14.7. The molecular formula is C14H17FN2O3. The van der Waals surface area contributed by atoms with Crippen molar-refractivity contribution in [2.75, 3.05) is 5.73 Å². The van der Waals surface area contributed by atoms with Gasteiger partial charge in [0.15, 0.2) is 0 Å². The molecule has 1 amide bonds. The van der Waals surface area contributed by atoms with Crippen LogP contribution >= 0.6 is 0 Å². The molecule has 1 aromatic rings. The summed E-state index contributed by atoms with van der Waals surface area (Å²) >= 11 is 0. The van der Waals surface area contributed by atoms with Gasteiger partial charge in [0.1, 0.15) is 5.82 Å². The standard InChI is InChI=1S/C14H17FN2O3/c15-9-3-6-12(16)11(7-9)13(18)17-10-4-1-8(2-5-10)14(19)20/h3,6-8,10H,1-2,4-5,16H2,(H,17,18)(H,19,20). The molecule has 0 radical (unpaired) electrons. The van der Waals surface area contributed by atoms with E-state index < -0.39 is 17.7 Å². The molecule has 0 unspecified atom stereocenters. The third kappa shape index (κ3) is 3.26. The molecule has 0 atom stereocenters. The molecular weight excluding hydrogens is 263 g/mol. The van der Waals surface area contributed by atoms with Gasteiger partial charge in [-0.3, -0.25) is 9.59 Å². The summed E-state index contributed by atoms with van der Waals surface area (Å²) in [6.45, 7) is 0. The first-order chi connectivity index (χ1) is 9.47. The molecule has 1 aromatic carbocycles. The van der Waals surface area contributed by atoms with Gasteiger partial charge in [-0.05, 0) is 43.9 Å². The topological polar surface area (TPSA) is 92.4 Å². The summed E-state index contributed by atoms with van der Waals surface area (Å²) < 4.78 is 13.1. The highest BCUT2D eigenvalue weighted by molar-refractivity contribution is 5.99. The van der Waals surface area contributed by atoms with E-state index in [1.54, 1.807) is 0 Å². The van der Waals surface area contributed by atoms with Crippen molar-refractivity contribution in [3.05, 3.63) is 29.6 Å². The predicted octanol–water partition coefficient (Wildman–Crippen LogP) is 1.78. The third-order valence-electron chi connectivity index (χ3n) is 3.67. The number of hydrogen-bond donors (Lipinski definition) is 3. The van der Waals surface area contributed by atoms with Crippen LogP contribution in [0.3, 0.4) is 0 Å². The summed E-state index contributed by atoms with van der Waals surface area (Å²) in [4.78, 5) is 22.9. The largest absolute Gasteiger partial charge is 0.481 e. The second-order valence-corrected chi connectivity index (χ2v) is 5.09. The Kier molecular flexibility index (Phi) is 4.22. The van der Waals surface area contributed by atoms with Crippen LogP contribution in [0.1, 0.15) is 36.0 Å². The first kappa shape index (κ1) is 14.3. The normalized spacial score (nSPS) is 22.2. The molecule has 1 aliphatic carbocycles. The van der Waals surface area contributed by atoms with Gasteiger partial charge in [0.05, 0.1) is 11.5 Å². The summed E-state index contributed by atoms with van der Waals surface area (Å²) in [6.07, 6.45) is 2.30. The zero-order valence-corrected chi connectivity index (χ0v) is 10.9. The van der Waals surface area contributed by atoms with Gasteiger partial charge in [0.2, 0.25) is 0 Å². The number of carboxylic acid groups (broad SMARTS) is 1. The van der Waals surface area contributed by atoms with E-state index in [-0.39, 0.29) is 23.2 Å². The van der Waals surface area contributed by atoms with E-state index in [9.17, 15) is 14.0 Å². The number of halogens is 1. The number of carboxylic acids is 1. The third-order valence-corrected chi connectivity index (χ3v) is 3.67. The quantitative estimate of drug-likeness (QED) is 0.736. The van der Waals surface area contributed by atoms with Crippen molar-refractivity contribution in [2.24, 2.45) is 5.92 Å². The van der Waals surface area contributed by atoms with Crippen LogP contribution in [0, 0.1) is 11.7 Å². The van der Waals surface area contributed by atoms with E-state index in [2.05, 4.69) is 5.32 Å². The number of nitrogens with one attached hydrogen (secondary N) is 1. The van der Waals surface area contributed by atoms with Gasteiger partial charge in [-0.1, -0.05) is 0 Å². The first-order valence-electron chi connectivity index (χ1n) is 6.56. The van der Waals surface area contributed by atoms with E-state index in [0.29, 0.717) is 25.7 Å². The van der Waals surface area contributed by atoms with E-state index in [0.717, 1.165) is 6.07 Å². The smallest absolute Gasteiger partial charge is 0.306 e. The average Bonchev–Trinajstić information content (AvgIpc) is 2.42. The van der Waals surface area contributed by atoms with Crippen LogP contribution in [0.25, 0.3) is 0 Å². The van der Waals surface area contributed by atoms with E-state index in [4.69, 9.17) is 10.8 Å². The van der Waals surface area contributed by atoms with E-state index in [1.165, 1.54) is 12.1 Å². The van der Waals surface area contributed by atoms with Crippen LogP contribution in [0.4, 0.5) is 10.1 Å². The number of amides is 1. The number of aliphatic carboxylic acids is 1. The second kappa shape index (κ2) is 5.90. The van der Waals surface area contributed by atoms with Crippen LogP contribution in [0.2, 0.25) is 0 Å². The van der Waals surface area contributed by atoms with Crippen LogP contribution in [0.15, 0.2) is 18.2 Å². The molecule has 5 nitrogen and oxygen atoms in total. The Labute approximate surface area is 116 Å². The van der Waals surface area contributed by atoms with Gasteiger partial charge < -0.3 is 16.2 Å². The lowest BCUT2D eigenvalue weighted by atomic mass is 9.86. The van der Waals surface area contributed by atoms with Crippen LogP contribution in [-0.2, 0) is 4.79 Å². The van der Waals surface area contributed by atoms with Crippen LogP contribution in [0.5, 0.6) is 0 Å². The highest BCUT2D eigenvalue weighted by Gasteiger charge is 2.27. The Balaban J connectivity index is 1.96. The van der Waals surface area contributed by atoms with Crippen molar-refractivity contribution >= 4 is 17.6 Å². The molecule has 0 aliphatic heterocycles. The molecule has 1 fully saturated rings. The van der Waals surface area contributed by atoms with Crippen molar-refractivity contribution in [1.82, 2.24) is 5.32 Å². The predicted molar refractivity (Wildman–Crippen MR) is 71.7 cm³/mol. The van der Waals surface area contributed by atoms with Gasteiger partial charge in [-0.25, -0.2) is 4.39 Å². The average molecular weight is 280 g/mol. The molecule has 108 valence electrons. The maximum Gasteiger partial charge on any atom is 0.306 e. The maximum atomic E-state index is 13.1. The SMILES string of the molecule is Nc1ccc(F)cc1C(=O)NC1CCC(C(=O)O)CC1. The molecule has 0 heterocycles. The number of nitrogen functional groups attached to an aromatic ring is 1. The molecule has 0 spiro atoms. The molecule has 2 rings (SSSR count). The van der Waals surface area contributed by atoms with Crippen molar-refractivity contribution < 1.29 is 19.1 Å². The van der Waals surface area contributed by atoms with Gasteiger partial charge >= 0.3 is 5.97 Å². The second-order valence-electron chi connectivity index (χ2n) is 5.09. The number of benzene rings is 1. The molecule has 1 aliphatic rings. The highest BCUT2D eigenvalue weighted by atomic mass is 19.1. The molecule has 1 saturated carbocycles. The number of hydrogen-bond acceptors (Lipinski definition) is 3. The Hall–Kier alpha value is -2.11. The Morgan fingerprint density at radius 1 is 1.25 bits per heavy atom. The van der Waals surface area contributed by atoms with Crippen LogP contribution < -0.4 is 11.1 Å². The lowest BCUT2D eigenvalue weighted by molar-refractivity contribution is -0.142. The maximum absolute atomic E-state index is 13.1. The van der Waals surface area contributed by atoms with Crippen LogP contribution in [-0.4, -0.2) is 23.0 Å². The van der Waals surface area contributed by atoms with Gasteiger partial charge in [-0.15, -0.1) is 0 Å². The minimum absolute atomic E-state index is 0.0826. The Morgan fingerprint density at radius 3 is 2.50 bits per heavy atom. The fourth-order valence-corrected chi connectivity index (χ4v) is 2.47. The monoisotopic (exact) mass is 280 g/mol. The fourth-order valence-electron chi connectivity index (χ4n) is 2.47. The zero-order valence-electron chi connectivity index (χ0n) is 10.9. The molecule has 0 bridgehead atoms. The number of rotatable bonds is 3. The van der Waals surface area contributed by atoms with Crippen molar-refractivity contribution in [3.63, 3.8) is 0 Å². The highest BCUT2D eigenvalue weighted by Crippen LogP contribution is 2.25. The number of carbonyl (C=O) groups is 2. The molecule has 0 aromatic heterocycles. The van der Waals surface area contributed by atoms with Gasteiger partial charge in [-0.2, -0.15) is 0 Å². The van der Waals surface area contributed by atoms with Crippen molar-refractivity contribution in [1.29, 1.82) is 0 Å². The van der Waals surface area contributed by atoms with E-state index >= 15 is 0 Å². The number of anilines is 1. The van der Waals surface area contributed by atoms with Gasteiger partial charge in [0.25, 0.3) is 5.91 Å². The summed E-state index contributed by atoms with van der Waals surface area (Å²) in [6, 6.07) is 3.57. The molecule has 0 saturated heterocycles. The lowest BCUT2D eigenvalue weighted by Crippen LogP contribution is -2.39. The number of carbonyl (C=O) groups excluding carboxylic acids is 1.